The second kappa shape index (κ2) is 12.3. The molecule has 0 spiro atoms. The minimum Gasteiger partial charge on any atom is -0.457 e. The minimum atomic E-state index is -0.542. The van der Waals surface area contributed by atoms with Crippen molar-refractivity contribution >= 4 is 11.4 Å². The Kier molecular flexibility index (Phi) is 7.61. The number of fused-ring (bicyclic) bond motifs is 3. The number of benzene rings is 6. The smallest absolute Gasteiger partial charge is 0.129 e. The summed E-state index contributed by atoms with van der Waals surface area (Å²) in [6, 6.07) is 52.0. The summed E-state index contributed by atoms with van der Waals surface area (Å²) in [6.07, 6.45) is 10.8. The van der Waals surface area contributed by atoms with Crippen molar-refractivity contribution in [3.05, 3.63) is 168 Å². The number of rotatable bonds is 9. The number of terminal acetylenes is 2. The molecule has 46 heavy (non-hydrogen) atoms. The molecule has 1 aliphatic rings. The molecule has 6 aromatic rings. The van der Waals surface area contributed by atoms with E-state index in [1.54, 1.807) is 0 Å². The molecule has 0 atom stereocenters. The van der Waals surface area contributed by atoms with E-state index in [4.69, 9.17) is 22.3 Å². The van der Waals surface area contributed by atoms with Crippen LogP contribution < -0.4 is 20.1 Å². The fourth-order valence-corrected chi connectivity index (χ4v) is 6.39. The molecule has 0 fully saturated rings. The molecule has 0 unspecified atom stereocenters. The van der Waals surface area contributed by atoms with Crippen molar-refractivity contribution in [3.63, 3.8) is 0 Å². The van der Waals surface area contributed by atoms with Crippen LogP contribution in [-0.2, 0) is 5.41 Å². The van der Waals surface area contributed by atoms with Gasteiger partial charge in [0, 0.05) is 29.6 Å². The first-order valence-electron chi connectivity index (χ1n) is 15.0. The van der Waals surface area contributed by atoms with Gasteiger partial charge in [-0.05, 0) is 81.9 Å². The van der Waals surface area contributed by atoms with E-state index >= 15 is 0 Å². The molecule has 4 heteroatoms. The van der Waals surface area contributed by atoms with Crippen LogP contribution in [0.1, 0.15) is 22.3 Å². The lowest BCUT2D eigenvalue weighted by Gasteiger charge is -2.34. The molecule has 0 heterocycles. The van der Waals surface area contributed by atoms with E-state index in [0.29, 0.717) is 12.3 Å². The van der Waals surface area contributed by atoms with Crippen molar-refractivity contribution < 1.29 is 9.47 Å². The van der Waals surface area contributed by atoms with E-state index in [1.807, 2.05) is 72.8 Å². The Morgan fingerprint density at radius 1 is 0.522 bits per heavy atom. The van der Waals surface area contributed by atoms with Gasteiger partial charge in [0.1, 0.15) is 23.0 Å². The van der Waals surface area contributed by atoms with E-state index in [9.17, 15) is 0 Å². The molecule has 0 radical (unpaired) electrons. The Bertz CT molecular complexity index is 2060. The van der Waals surface area contributed by atoms with Crippen LogP contribution in [-0.4, -0.2) is 6.54 Å². The van der Waals surface area contributed by atoms with Crippen LogP contribution in [0.3, 0.4) is 0 Å². The van der Waals surface area contributed by atoms with Crippen LogP contribution in [0, 0.1) is 24.8 Å². The first kappa shape index (κ1) is 28.4. The van der Waals surface area contributed by atoms with Gasteiger partial charge in [-0.25, -0.2) is 0 Å². The van der Waals surface area contributed by atoms with Crippen molar-refractivity contribution in [1.29, 1.82) is 0 Å². The predicted octanol–water partition coefficient (Wildman–Crippen LogP) is 9.68. The second-order valence-corrected chi connectivity index (χ2v) is 11.0. The molecule has 0 aliphatic heterocycles. The molecule has 0 aromatic heterocycles. The van der Waals surface area contributed by atoms with Crippen molar-refractivity contribution in [1.82, 2.24) is 0 Å². The minimum absolute atomic E-state index is 0.452. The lowest BCUT2D eigenvalue weighted by atomic mass is 9.68. The van der Waals surface area contributed by atoms with Crippen molar-refractivity contribution in [2.45, 2.75) is 5.41 Å². The molecular weight excluding hydrogens is 564 g/mol. The van der Waals surface area contributed by atoms with Crippen LogP contribution in [0.4, 0.5) is 11.4 Å². The normalized spacial score (nSPS) is 12.1. The zero-order chi connectivity index (χ0) is 31.3. The molecule has 0 bridgehead atoms. The van der Waals surface area contributed by atoms with Gasteiger partial charge in [-0.1, -0.05) is 97.3 Å². The zero-order valence-corrected chi connectivity index (χ0v) is 25.0. The molecule has 7 rings (SSSR count). The van der Waals surface area contributed by atoms with Crippen LogP contribution in [0.2, 0.25) is 0 Å². The third-order valence-corrected chi connectivity index (χ3v) is 8.28. The van der Waals surface area contributed by atoms with Crippen molar-refractivity contribution in [3.8, 4) is 58.9 Å². The number of hydrogen-bond donors (Lipinski definition) is 2. The predicted molar refractivity (Wildman–Crippen MR) is 187 cm³/mol. The van der Waals surface area contributed by atoms with Crippen LogP contribution >= 0.6 is 0 Å². The van der Waals surface area contributed by atoms with Crippen LogP contribution in [0.5, 0.6) is 23.0 Å². The largest absolute Gasteiger partial charge is 0.457 e. The highest BCUT2D eigenvalue weighted by atomic mass is 16.5. The van der Waals surface area contributed by atoms with E-state index in [1.165, 1.54) is 22.3 Å². The summed E-state index contributed by atoms with van der Waals surface area (Å²) in [4.78, 5) is 0. The molecular formula is C42H30N2O2. The third-order valence-electron chi connectivity index (χ3n) is 8.28. The summed E-state index contributed by atoms with van der Waals surface area (Å²) in [5.74, 6) is 5.52. The van der Waals surface area contributed by atoms with E-state index in [0.717, 1.165) is 39.8 Å². The second-order valence-electron chi connectivity index (χ2n) is 11.0. The molecule has 0 amide bonds. The van der Waals surface area contributed by atoms with Gasteiger partial charge in [-0.2, -0.15) is 0 Å². The quantitative estimate of drug-likeness (QED) is 0.129. The van der Waals surface area contributed by atoms with E-state index < -0.39 is 5.41 Å². The maximum atomic E-state index is 6.27. The average molecular weight is 595 g/mol. The fourth-order valence-electron chi connectivity index (χ4n) is 6.39. The highest BCUT2D eigenvalue weighted by Gasteiger charge is 2.45. The molecule has 220 valence electrons. The Morgan fingerprint density at radius 2 is 1.02 bits per heavy atom. The summed E-state index contributed by atoms with van der Waals surface area (Å²) < 4.78 is 12.5. The molecule has 2 N–H and O–H groups in total. The van der Waals surface area contributed by atoms with Gasteiger partial charge in [-0.3, -0.25) is 0 Å². The highest BCUT2D eigenvalue weighted by Crippen LogP contribution is 2.56. The van der Waals surface area contributed by atoms with Crippen molar-refractivity contribution in [2.24, 2.45) is 0 Å². The first-order chi connectivity index (χ1) is 22.7. The topological polar surface area (TPSA) is 42.5 Å². The molecule has 1 aliphatic carbocycles. The molecule has 0 saturated heterocycles. The summed E-state index contributed by atoms with van der Waals surface area (Å²) in [7, 11) is 0. The van der Waals surface area contributed by atoms with Gasteiger partial charge in [0.15, 0.2) is 0 Å². The van der Waals surface area contributed by atoms with Crippen LogP contribution in [0.15, 0.2) is 146 Å². The molecule has 4 nitrogen and oxygen atoms in total. The van der Waals surface area contributed by atoms with Crippen LogP contribution in [0.25, 0.3) is 11.1 Å². The molecule has 0 saturated carbocycles. The Balaban J connectivity index is 1.28. The Morgan fingerprint density at radius 3 is 1.54 bits per heavy atom. The molecule has 6 aromatic carbocycles. The Hall–Kier alpha value is -6.36. The monoisotopic (exact) mass is 594 g/mol. The fraction of sp³-hybridized carbons (Fsp3) is 0.0476. The lowest BCUT2D eigenvalue weighted by molar-refractivity contribution is 0.482. The van der Waals surface area contributed by atoms with Gasteiger partial charge < -0.3 is 20.1 Å². The summed E-state index contributed by atoms with van der Waals surface area (Å²) in [5.41, 5.74) is 8.38. The third kappa shape index (κ3) is 5.19. The standard InChI is InChI=1S/C42H30N2O2/c1-3-27-44-33-12-10-14-37(29-33)46-35-25-21-31(22-26-35)42(40-17-7-5-15-38(40)39-16-6-8-18-41(39)42)30-19-23-34(24-20-30)45-36-13-9-11-32(28-36)43-4-2/h1-2,5-26,28-29,43-44H,27H2. The van der Waals surface area contributed by atoms with Gasteiger partial charge in [0.2, 0.25) is 0 Å². The number of nitrogens with one attached hydrogen (secondary N) is 2. The average Bonchev–Trinajstić information content (AvgIpc) is 3.40. The number of anilines is 2. The maximum absolute atomic E-state index is 6.27. The van der Waals surface area contributed by atoms with Gasteiger partial charge >= 0.3 is 0 Å². The number of ether oxygens (including phenoxy) is 2. The van der Waals surface area contributed by atoms with Gasteiger partial charge in [0.25, 0.3) is 0 Å². The van der Waals surface area contributed by atoms with Gasteiger partial charge in [0.05, 0.1) is 12.0 Å². The summed E-state index contributed by atoms with van der Waals surface area (Å²) in [6.45, 7) is 0.452. The zero-order valence-electron chi connectivity index (χ0n) is 25.0. The van der Waals surface area contributed by atoms with E-state index in [2.05, 4.69) is 95.4 Å². The van der Waals surface area contributed by atoms with Crippen molar-refractivity contribution in [2.75, 3.05) is 17.2 Å². The number of hydrogen-bond acceptors (Lipinski definition) is 4. The van der Waals surface area contributed by atoms with E-state index in [-0.39, 0.29) is 0 Å². The summed E-state index contributed by atoms with van der Waals surface area (Å²) >= 11 is 0. The highest BCUT2D eigenvalue weighted by molar-refractivity contribution is 5.86. The summed E-state index contributed by atoms with van der Waals surface area (Å²) in [5, 5.41) is 6.08. The SMILES string of the molecule is C#CCNc1cccc(Oc2ccc(C3(c4ccc(Oc5cccc(NC#C)c5)cc4)c4ccccc4-c4ccccc43)cc2)c1. The lowest BCUT2D eigenvalue weighted by Crippen LogP contribution is -2.28. The van der Waals surface area contributed by atoms with Gasteiger partial charge in [-0.15, -0.1) is 6.42 Å². The Labute approximate surface area is 269 Å². The first-order valence-corrected chi connectivity index (χ1v) is 15.0. The maximum Gasteiger partial charge on any atom is 0.129 e.